The van der Waals surface area contributed by atoms with Crippen molar-refractivity contribution in [2.24, 2.45) is 10.2 Å². The average Bonchev–Trinajstić information content (AvgIpc) is 3.46. The maximum Gasteiger partial charge on any atom is 0.275 e. The van der Waals surface area contributed by atoms with Crippen LogP contribution >= 0.6 is 0 Å². The van der Waals surface area contributed by atoms with E-state index >= 15 is 0 Å². The van der Waals surface area contributed by atoms with Crippen LogP contribution in [-0.2, 0) is 0 Å². The van der Waals surface area contributed by atoms with E-state index < -0.39 is 11.8 Å². The van der Waals surface area contributed by atoms with Crippen LogP contribution in [0.1, 0.15) is 37.4 Å². The highest BCUT2D eigenvalue weighted by atomic mass is 16.3. The summed E-state index contributed by atoms with van der Waals surface area (Å²) in [6.07, 6.45) is 4.70. The van der Waals surface area contributed by atoms with E-state index in [2.05, 4.69) is 26.0 Å². The summed E-state index contributed by atoms with van der Waals surface area (Å²) in [6.45, 7) is 2.01. The fourth-order valence-corrected chi connectivity index (χ4v) is 5.10. The molecule has 0 bridgehead atoms. The predicted octanol–water partition coefficient (Wildman–Crippen LogP) is 5.94. The molecule has 5 aromatic carbocycles. The Balaban J connectivity index is 1.18. The number of carbonyl (C=O) groups is 2. The number of phenolic OH excluding ortho intramolecular Hbond substituents is 3. The van der Waals surface area contributed by atoms with Crippen LogP contribution < -0.4 is 10.9 Å². The van der Waals surface area contributed by atoms with Gasteiger partial charge in [-0.3, -0.25) is 9.59 Å². The SMILES string of the molecule is Cc1cccc2c(/C=N/NC(=O)c3ccc(-c4ccc5c(/C=N/NC(=O)c6ccccc6O)c(O)ccc5c4)cc3O)c[nH]c12. The molecule has 6 aromatic rings. The number of nitrogens with one attached hydrogen (secondary N) is 3. The van der Waals surface area contributed by atoms with Crippen LogP contribution in [-0.4, -0.2) is 44.5 Å². The van der Waals surface area contributed by atoms with E-state index in [4.69, 9.17) is 0 Å². The largest absolute Gasteiger partial charge is 0.507 e. The number of rotatable bonds is 7. The van der Waals surface area contributed by atoms with Crippen LogP contribution in [0.25, 0.3) is 32.8 Å². The highest BCUT2D eigenvalue weighted by Gasteiger charge is 2.14. The number of hydrazone groups is 2. The second kappa shape index (κ2) is 12.1. The number of para-hydroxylation sites is 2. The number of H-pyrrole nitrogens is 1. The lowest BCUT2D eigenvalue weighted by Crippen LogP contribution is -2.17. The van der Waals surface area contributed by atoms with E-state index in [9.17, 15) is 24.9 Å². The molecular formula is C35H27N5O5. The van der Waals surface area contributed by atoms with Crippen molar-refractivity contribution in [1.82, 2.24) is 15.8 Å². The first-order valence-corrected chi connectivity index (χ1v) is 13.9. The first kappa shape index (κ1) is 28.7. The standard InChI is InChI=1S/C35H27N5O5/c1-20-5-4-7-26-24(17-36-33(20)26)18-37-39-35(45)28-13-10-22(16-32(28)43)21-9-12-25-23(15-21)11-14-31(42)29(25)19-38-40-34(44)27-6-2-3-8-30(27)41/h2-19,36,41-43H,1H3,(H,39,45)(H,40,44)/b37-18+,38-19+. The smallest absolute Gasteiger partial charge is 0.275 e. The van der Waals surface area contributed by atoms with Gasteiger partial charge in [-0.25, -0.2) is 10.9 Å². The lowest BCUT2D eigenvalue weighted by molar-refractivity contribution is 0.0944. The number of hydrogen-bond donors (Lipinski definition) is 6. The molecule has 0 aliphatic carbocycles. The number of aromatic nitrogens is 1. The van der Waals surface area contributed by atoms with Crippen LogP contribution in [0.4, 0.5) is 0 Å². The normalized spacial score (nSPS) is 11.5. The van der Waals surface area contributed by atoms with Gasteiger partial charge in [-0.1, -0.05) is 54.6 Å². The summed E-state index contributed by atoms with van der Waals surface area (Å²) in [7, 11) is 0. The van der Waals surface area contributed by atoms with E-state index in [1.54, 1.807) is 42.6 Å². The third kappa shape index (κ3) is 5.80. The first-order valence-electron chi connectivity index (χ1n) is 13.9. The Morgan fingerprint density at radius 2 is 1.40 bits per heavy atom. The molecule has 1 heterocycles. The van der Waals surface area contributed by atoms with Gasteiger partial charge in [0.1, 0.15) is 17.2 Å². The fourth-order valence-electron chi connectivity index (χ4n) is 5.10. The molecule has 6 rings (SSSR count). The van der Waals surface area contributed by atoms with Crippen molar-refractivity contribution < 1.29 is 24.9 Å². The van der Waals surface area contributed by atoms with Gasteiger partial charge in [-0.05, 0) is 70.8 Å². The molecule has 0 radical (unpaired) electrons. The van der Waals surface area contributed by atoms with Gasteiger partial charge in [0.15, 0.2) is 0 Å². The highest BCUT2D eigenvalue weighted by Crippen LogP contribution is 2.32. The van der Waals surface area contributed by atoms with Crippen molar-refractivity contribution in [3.63, 3.8) is 0 Å². The number of hydrogen-bond acceptors (Lipinski definition) is 7. The van der Waals surface area contributed by atoms with Crippen LogP contribution in [0.3, 0.4) is 0 Å². The second-order valence-electron chi connectivity index (χ2n) is 10.3. The number of carbonyl (C=O) groups excluding carboxylic acids is 2. The molecule has 45 heavy (non-hydrogen) atoms. The summed E-state index contributed by atoms with van der Waals surface area (Å²) in [5.41, 5.74) is 9.71. The van der Waals surface area contributed by atoms with E-state index in [0.717, 1.165) is 33.0 Å². The van der Waals surface area contributed by atoms with Crippen LogP contribution in [0.2, 0.25) is 0 Å². The minimum atomic E-state index is -0.598. The third-order valence-corrected chi connectivity index (χ3v) is 7.45. The van der Waals surface area contributed by atoms with Gasteiger partial charge < -0.3 is 20.3 Å². The molecular weight excluding hydrogens is 570 g/mol. The summed E-state index contributed by atoms with van der Waals surface area (Å²) in [5.74, 6) is -1.57. The third-order valence-electron chi connectivity index (χ3n) is 7.45. The van der Waals surface area contributed by atoms with E-state index in [-0.39, 0.29) is 28.4 Å². The Morgan fingerprint density at radius 3 is 2.18 bits per heavy atom. The number of benzene rings is 5. The Labute approximate surface area is 257 Å². The van der Waals surface area contributed by atoms with Crippen molar-refractivity contribution in [2.45, 2.75) is 6.92 Å². The molecule has 0 saturated heterocycles. The maximum absolute atomic E-state index is 12.8. The zero-order valence-corrected chi connectivity index (χ0v) is 23.9. The number of amides is 2. The molecule has 0 saturated carbocycles. The quantitative estimate of drug-likeness (QED) is 0.0991. The molecule has 0 atom stereocenters. The van der Waals surface area contributed by atoms with Crippen LogP contribution in [0.5, 0.6) is 17.2 Å². The lowest BCUT2D eigenvalue weighted by Gasteiger charge is -2.10. The minimum absolute atomic E-state index is 0.0358. The highest BCUT2D eigenvalue weighted by molar-refractivity contribution is 6.05. The summed E-state index contributed by atoms with van der Waals surface area (Å²) in [4.78, 5) is 28.3. The maximum atomic E-state index is 12.8. The summed E-state index contributed by atoms with van der Waals surface area (Å²) < 4.78 is 0. The van der Waals surface area contributed by atoms with Crippen molar-refractivity contribution in [1.29, 1.82) is 0 Å². The molecule has 10 heteroatoms. The molecule has 0 aliphatic heterocycles. The monoisotopic (exact) mass is 597 g/mol. The topological polar surface area (TPSA) is 159 Å². The Bertz CT molecular complexity index is 2170. The molecule has 10 nitrogen and oxygen atoms in total. The number of fused-ring (bicyclic) bond motifs is 2. The number of nitrogens with zero attached hydrogens (tertiary/aromatic N) is 2. The van der Waals surface area contributed by atoms with Gasteiger partial charge in [0.05, 0.1) is 23.6 Å². The molecule has 1 aromatic heterocycles. The molecule has 2 amide bonds. The molecule has 0 fully saturated rings. The van der Waals surface area contributed by atoms with E-state index in [0.29, 0.717) is 16.5 Å². The number of aromatic hydroxyl groups is 3. The van der Waals surface area contributed by atoms with Crippen molar-refractivity contribution in [3.8, 4) is 28.4 Å². The molecule has 0 unspecified atom stereocenters. The summed E-state index contributed by atoms with van der Waals surface area (Å²) >= 11 is 0. The fraction of sp³-hybridized carbons (Fsp3) is 0.0286. The van der Waals surface area contributed by atoms with Gasteiger partial charge >= 0.3 is 0 Å². The predicted molar refractivity (Wildman–Crippen MR) is 174 cm³/mol. The van der Waals surface area contributed by atoms with Crippen LogP contribution in [0.15, 0.2) is 107 Å². The lowest BCUT2D eigenvalue weighted by atomic mass is 9.97. The van der Waals surface area contributed by atoms with E-state index in [1.807, 2.05) is 37.4 Å². The van der Waals surface area contributed by atoms with Gasteiger partial charge in [0.25, 0.3) is 11.8 Å². The van der Waals surface area contributed by atoms with Crippen molar-refractivity contribution in [3.05, 3.63) is 125 Å². The Morgan fingerprint density at radius 1 is 0.689 bits per heavy atom. The number of aryl methyl sites for hydroxylation is 1. The minimum Gasteiger partial charge on any atom is -0.507 e. The second-order valence-corrected chi connectivity index (χ2v) is 10.3. The molecule has 0 spiro atoms. The van der Waals surface area contributed by atoms with Gasteiger partial charge in [0, 0.05) is 28.2 Å². The van der Waals surface area contributed by atoms with Crippen LogP contribution in [0, 0.1) is 6.92 Å². The first-order chi connectivity index (χ1) is 21.8. The Hall–Kier alpha value is -6.42. The molecule has 6 N–H and O–H groups in total. The average molecular weight is 598 g/mol. The molecule has 222 valence electrons. The zero-order chi connectivity index (χ0) is 31.5. The van der Waals surface area contributed by atoms with Crippen molar-refractivity contribution in [2.75, 3.05) is 0 Å². The molecule has 0 aliphatic rings. The summed E-state index contributed by atoms with van der Waals surface area (Å²) in [5, 5.41) is 41.5. The Kier molecular flexibility index (Phi) is 7.69. The van der Waals surface area contributed by atoms with Gasteiger partial charge in [-0.2, -0.15) is 10.2 Å². The van der Waals surface area contributed by atoms with Gasteiger partial charge in [-0.15, -0.1) is 0 Å². The van der Waals surface area contributed by atoms with Crippen molar-refractivity contribution >= 4 is 45.9 Å². The number of aromatic amines is 1. The van der Waals surface area contributed by atoms with Gasteiger partial charge in [0.2, 0.25) is 0 Å². The van der Waals surface area contributed by atoms with E-state index in [1.165, 1.54) is 36.5 Å². The number of phenols is 3. The summed E-state index contributed by atoms with van der Waals surface area (Å²) in [6, 6.07) is 25.5. The zero-order valence-electron chi connectivity index (χ0n) is 23.9.